The Morgan fingerprint density at radius 2 is 1.82 bits per heavy atom. The van der Waals surface area contributed by atoms with Crippen LogP contribution in [-0.2, 0) is 0 Å². The number of para-hydroxylation sites is 1. The van der Waals surface area contributed by atoms with E-state index >= 15 is 0 Å². The molecule has 0 saturated carbocycles. The Labute approximate surface area is 192 Å². The maximum atomic E-state index is 13.9. The van der Waals surface area contributed by atoms with Crippen molar-refractivity contribution in [2.24, 2.45) is 0 Å². The van der Waals surface area contributed by atoms with Gasteiger partial charge in [0.25, 0.3) is 5.91 Å². The van der Waals surface area contributed by atoms with Crippen LogP contribution in [0.2, 0.25) is 5.02 Å². The highest BCUT2D eigenvalue weighted by atomic mass is 35.5. The summed E-state index contributed by atoms with van der Waals surface area (Å²) >= 11 is 6.42. The van der Waals surface area contributed by atoms with Gasteiger partial charge in [-0.25, -0.2) is 4.68 Å². The zero-order valence-electron chi connectivity index (χ0n) is 17.4. The molecule has 174 valence electrons. The van der Waals surface area contributed by atoms with Gasteiger partial charge in [-0.15, -0.1) is 0 Å². The standard InChI is InChI=1S/C22H21ClF3N5O2/c23-18-19(21(32)30-10-8-29(9-11-30)14-5-2-1-3-6-14)28-31-17(22(24,25)26)13-15(27-20(18)31)16-7-4-12-33-16/h1-7,12,15,17,27H,8-11,13H2/t15-,17-/m0/s1. The predicted molar refractivity (Wildman–Crippen MR) is 117 cm³/mol. The first kappa shape index (κ1) is 21.7. The maximum Gasteiger partial charge on any atom is 0.410 e. The first-order valence-electron chi connectivity index (χ1n) is 10.6. The smallest absolute Gasteiger partial charge is 0.410 e. The summed E-state index contributed by atoms with van der Waals surface area (Å²) in [6.07, 6.45) is -3.50. The molecule has 0 radical (unpaired) electrons. The van der Waals surface area contributed by atoms with E-state index in [2.05, 4.69) is 15.3 Å². The molecule has 1 fully saturated rings. The highest BCUT2D eigenvalue weighted by molar-refractivity contribution is 6.36. The van der Waals surface area contributed by atoms with E-state index in [1.54, 1.807) is 17.0 Å². The fourth-order valence-corrected chi connectivity index (χ4v) is 4.62. The fourth-order valence-electron chi connectivity index (χ4n) is 4.36. The number of hydrogen-bond acceptors (Lipinski definition) is 5. The van der Waals surface area contributed by atoms with Crippen LogP contribution in [0, 0.1) is 0 Å². The van der Waals surface area contributed by atoms with Crippen molar-refractivity contribution < 1.29 is 22.4 Å². The van der Waals surface area contributed by atoms with Crippen LogP contribution >= 0.6 is 11.6 Å². The fraction of sp³-hybridized carbons (Fsp3) is 0.364. The molecule has 11 heteroatoms. The summed E-state index contributed by atoms with van der Waals surface area (Å²) in [5, 5.41) is 6.89. The van der Waals surface area contributed by atoms with Gasteiger partial charge in [-0.2, -0.15) is 18.3 Å². The van der Waals surface area contributed by atoms with Crippen LogP contribution < -0.4 is 10.2 Å². The lowest BCUT2D eigenvalue weighted by molar-refractivity contribution is -0.174. The number of amides is 1. The molecular formula is C22H21ClF3N5O2. The van der Waals surface area contributed by atoms with Gasteiger partial charge in [-0.05, 0) is 24.3 Å². The van der Waals surface area contributed by atoms with E-state index in [0.717, 1.165) is 10.4 Å². The molecule has 0 spiro atoms. The summed E-state index contributed by atoms with van der Waals surface area (Å²) in [7, 11) is 0. The normalized spacial score (nSPS) is 21.0. The van der Waals surface area contributed by atoms with Crippen molar-refractivity contribution in [2.75, 3.05) is 36.4 Å². The number of aromatic nitrogens is 2. The highest BCUT2D eigenvalue weighted by Gasteiger charge is 2.48. The van der Waals surface area contributed by atoms with Crippen molar-refractivity contribution >= 4 is 29.0 Å². The van der Waals surface area contributed by atoms with E-state index < -0.39 is 24.2 Å². The topological polar surface area (TPSA) is 66.5 Å². The predicted octanol–water partition coefficient (Wildman–Crippen LogP) is 4.75. The molecule has 0 aliphatic carbocycles. The Kier molecular flexibility index (Phi) is 5.48. The van der Waals surface area contributed by atoms with Crippen molar-refractivity contribution in [2.45, 2.75) is 24.7 Å². The number of carbonyl (C=O) groups is 1. The number of fused-ring (bicyclic) bond motifs is 1. The molecule has 1 amide bonds. The molecule has 5 rings (SSSR count). The second kappa shape index (κ2) is 8.33. The summed E-state index contributed by atoms with van der Waals surface area (Å²) in [6, 6.07) is 10.4. The number of halogens is 4. The molecule has 7 nitrogen and oxygen atoms in total. The van der Waals surface area contributed by atoms with Crippen molar-refractivity contribution in [1.82, 2.24) is 14.7 Å². The lowest BCUT2D eigenvalue weighted by Crippen LogP contribution is -2.49. The third-order valence-electron chi connectivity index (χ3n) is 6.07. The average Bonchev–Trinajstić information content (AvgIpc) is 3.47. The zero-order valence-corrected chi connectivity index (χ0v) is 18.2. The van der Waals surface area contributed by atoms with Gasteiger partial charge in [0.1, 0.15) is 16.6 Å². The van der Waals surface area contributed by atoms with Gasteiger partial charge in [-0.3, -0.25) is 4.79 Å². The SMILES string of the molecule is O=C(c1nn2c(c1Cl)N[C@H](c1ccco1)C[C@H]2C(F)(F)F)N1CCN(c2ccccc2)CC1. The average molecular weight is 480 g/mol. The largest absolute Gasteiger partial charge is 0.467 e. The Bertz CT molecular complexity index is 1130. The Hall–Kier alpha value is -3.14. The number of anilines is 2. The maximum absolute atomic E-state index is 13.9. The molecule has 1 aromatic carbocycles. The minimum Gasteiger partial charge on any atom is -0.467 e. The van der Waals surface area contributed by atoms with E-state index in [1.807, 2.05) is 30.3 Å². The van der Waals surface area contributed by atoms with Crippen molar-refractivity contribution in [3.8, 4) is 0 Å². The Morgan fingerprint density at radius 3 is 2.45 bits per heavy atom. The summed E-state index contributed by atoms with van der Waals surface area (Å²) in [4.78, 5) is 16.9. The van der Waals surface area contributed by atoms with Crippen LogP contribution in [0.4, 0.5) is 24.7 Å². The second-order valence-electron chi connectivity index (χ2n) is 8.08. The zero-order chi connectivity index (χ0) is 23.2. The Morgan fingerprint density at radius 1 is 1.09 bits per heavy atom. The lowest BCUT2D eigenvalue weighted by Gasteiger charge is -2.35. The molecule has 33 heavy (non-hydrogen) atoms. The van der Waals surface area contributed by atoms with Crippen LogP contribution in [0.1, 0.15) is 34.8 Å². The van der Waals surface area contributed by atoms with E-state index in [9.17, 15) is 18.0 Å². The number of alkyl halides is 3. The van der Waals surface area contributed by atoms with E-state index in [1.165, 1.54) is 6.26 Å². The molecule has 2 aliphatic rings. The highest BCUT2D eigenvalue weighted by Crippen LogP contribution is 2.46. The summed E-state index contributed by atoms with van der Waals surface area (Å²) in [6.45, 7) is 2.03. The minimum absolute atomic E-state index is 0.0297. The second-order valence-corrected chi connectivity index (χ2v) is 8.45. The first-order chi connectivity index (χ1) is 15.8. The third kappa shape index (κ3) is 4.03. The van der Waals surface area contributed by atoms with Crippen molar-refractivity contribution in [1.29, 1.82) is 0 Å². The van der Waals surface area contributed by atoms with Crippen molar-refractivity contribution in [3.63, 3.8) is 0 Å². The molecule has 0 bridgehead atoms. The van der Waals surface area contributed by atoms with Crippen LogP contribution in [0.25, 0.3) is 0 Å². The first-order valence-corrected chi connectivity index (χ1v) is 10.9. The molecule has 4 heterocycles. The lowest BCUT2D eigenvalue weighted by atomic mass is 10.0. The van der Waals surface area contributed by atoms with Gasteiger partial charge >= 0.3 is 6.18 Å². The molecule has 1 N–H and O–H groups in total. The number of piperazine rings is 1. The van der Waals surface area contributed by atoms with Gasteiger partial charge in [0.05, 0.1) is 12.3 Å². The quantitative estimate of drug-likeness (QED) is 0.587. The van der Waals surface area contributed by atoms with E-state index in [0.29, 0.717) is 31.9 Å². The van der Waals surface area contributed by atoms with Gasteiger partial charge in [0, 0.05) is 38.3 Å². The number of carbonyl (C=O) groups excluding carboxylic acids is 1. The molecule has 2 aromatic heterocycles. The molecule has 0 unspecified atom stereocenters. The minimum atomic E-state index is -4.57. The monoisotopic (exact) mass is 479 g/mol. The van der Waals surface area contributed by atoms with Crippen LogP contribution in [0.3, 0.4) is 0 Å². The van der Waals surface area contributed by atoms with Crippen LogP contribution in [0.5, 0.6) is 0 Å². The summed E-state index contributed by atoms with van der Waals surface area (Å²) < 4.78 is 47.7. The van der Waals surface area contributed by atoms with Gasteiger partial charge in [0.15, 0.2) is 11.7 Å². The van der Waals surface area contributed by atoms with Gasteiger partial charge in [-0.1, -0.05) is 29.8 Å². The molecule has 2 atom stereocenters. The molecule has 3 aromatic rings. The van der Waals surface area contributed by atoms with Crippen LogP contribution in [-0.4, -0.2) is 52.9 Å². The summed E-state index contributed by atoms with van der Waals surface area (Å²) in [5.41, 5.74) is 0.878. The summed E-state index contributed by atoms with van der Waals surface area (Å²) in [5.74, 6) is -0.150. The number of furan rings is 1. The molecule has 2 aliphatic heterocycles. The van der Waals surface area contributed by atoms with E-state index in [4.69, 9.17) is 16.0 Å². The number of nitrogens with one attached hydrogen (secondary N) is 1. The number of hydrogen-bond donors (Lipinski definition) is 1. The van der Waals surface area contributed by atoms with Gasteiger partial charge < -0.3 is 19.5 Å². The number of benzene rings is 1. The van der Waals surface area contributed by atoms with Crippen molar-refractivity contribution in [3.05, 3.63) is 65.2 Å². The van der Waals surface area contributed by atoms with Gasteiger partial charge in [0.2, 0.25) is 0 Å². The third-order valence-corrected chi connectivity index (χ3v) is 6.43. The van der Waals surface area contributed by atoms with E-state index in [-0.39, 0.29) is 23.0 Å². The Balaban J connectivity index is 1.39. The number of nitrogens with zero attached hydrogens (tertiary/aromatic N) is 4. The molecular weight excluding hydrogens is 459 g/mol. The molecule has 1 saturated heterocycles. The number of rotatable bonds is 3. The van der Waals surface area contributed by atoms with Crippen LogP contribution in [0.15, 0.2) is 53.1 Å².